The summed E-state index contributed by atoms with van der Waals surface area (Å²) >= 11 is 1.31. The number of rotatable bonds is 4. The van der Waals surface area contributed by atoms with Gasteiger partial charge in [0.2, 0.25) is 6.79 Å². The van der Waals surface area contributed by atoms with Crippen molar-refractivity contribution in [3.8, 4) is 17.2 Å². The fraction of sp³-hybridized carbons (Fsp3) is 0.238. The van der Waals surface area contributed by atoms with Crippen LogP contribution in [0.1, 0.15) is 23.6 Å². The average Bonchev–Trinajstić information content (AvgIpc) is 3.25. The van der Waals surface area contributed by atoms with Gasteiger partial charge in [-0.3, -0.25) is 4.79 Å². The van der Waals surface area contributed by atoms with Gasteiger partial charge in [0, 0.05) is 11.6 Å². The summed E-state index contributed by atoms with van der Waals surface area (Å²) in [7, 11) is 0. The number of hydrogen-bond acceptors (Lipinski definition) is 6. The first-order chi connectivity index (χ1) is 13.5. The summed E-state index contributed by atoms with van der Waals surface area (Å²) < 4.78 is 16.6. The molecule has 1 N–H and O–H groups in total. The highest BCUT2D eigenvalue weighted by molar-refractivity contribution is 8.18. The van der Waals surface area contributed by atoms with Gasteiger partial charge in [-0.15, -0.1) is 0 Å². The zero-order valence-corrected chi connectivity index (χ0v) is 16.7. The van der Waals surface area contributed by atoms with E-state index in [0.29, 0.717) is 33.9 Å². The first kappa shape index (κ1) is 18.4. The Bertz CT molecular complexity index is 1010. The van der Waals surface area contributed by atoms with Crippen LogP contribution in [0.2, 0.25) is 0 Å². The molecule has 2 heterocycles. The van der Waals surface area contributed by atoms with Crippen LogP contribution in [-0.4, -0.2) is 24.5 Å². The van der Waals surface area contributed by atoms with Gasteiger partial charge in [-0.05, 0) is 61.9 Å². The first-order valence-electron chi connectivity index (χ1n) is 8.97. The molecule has 144 valence electrons. The molecule has 0 aromatic heterocycles. The summed E-state index contributed by atoms with van der Waals surface area (Å²) in [6, 6.07) is 9.56. The van der Waals surface area contributed by atoms with Gasteiger partial charge in [0.15, 0.2) is 16.7 Å². The highest BCUT2D eigenvalue weighted by Gasteiger charge is 2.25. The molecule has 28 heavy (non-hydrogen) atoms. The normalized spacial score (nSPS) is 18.0. The minimum atomic E-state index is -0.186. The maximum Gasteiger partial charge on any atom is 0.264 e. The molecule has 1 fully saturated rings. The minimum Gasteiger partial charge on any atom is -0.493 e. The lowest BCUT2D eigenvalue weighted by Crippen LogP contribution is -2.19. The Morgan fingerprint density at radius 1 is 1.25 bits per heavy atom. The molecule has 2 aromatic carbocycles. The van der Waals surface area contributed by atoms with Crippen LogP contribution < -0.4 is 19.5 Å². The van der Waals surface area contributed by atoms with Gasteiger partial charge >= 0.3 is 0 Å². The summed E-state index contributed by atoms with van der Waals surface area (Å²) in [5.74, 6) is 1.75. The summed E-state index contributed by atoms with van der Waals surface area (Å²) in [6.07, 6.45) is 1.79. The van der Waals surface area contributed by atoms with Crippen LogP contribution in [-0.2, 0) is 4.79 Å². The number of aliphatic imine (C=N–C) groups is 1. The van der Waals surface area contributed by atoms with Crippen LogP contribution in [0.4, 0.5) is 5.69 Å². The third kappa shape index (κ3) is 3.57. The summed E-state index contributed by atoms with van der Waals surface area (Å²) in [6.45, 7) is 6.66. The monoisotopic (exact) mass is 396 g/mol. The number of thioether (sulfide) groups is 1. The zero-order chi connectivity index (χ0) is 19.7. The molecule has 0 radical (unpaired) electrons. The third-order valence-electron chi connectivity index (χ3n) is 4.54. The van der Waals surface area contributed by atoms with Crippen LogP contribution in [0, 0.1) is 13.8 Å². The highest BCUT2D eigenvalue weighted by atomic mass is 32.2. The highest BCUT2D eigenvalue weighted by Crippen LogP contribution is 2.40. The predicted molar refractivity (Wildman–Crippen MR) is 110 cm³/mol. The van der Waals surface area contributed by atoms with Crippen LogP contribution in [0.15, 0.2) is 40.2 Å². The largest absolute Gasteiger partial charge is 0.493 e. The molecule has 1 saturated heterocycles. The Morgan fingerprint density at radius 3 is 2.82 bits per heavy atom. The molecule has 0 aliphatic carbocycles. The number of ether oxygens (including phenoxy) is 3. The number of carbonyl (C=O) groups is 1. The smallest absolute Gasteiger partial charge is 0.264 e. The van der Waals surface area contributed by atoms with Gasteiger partial charge in [-0.25, -0.2) is 4.99 Å². The molecule has 6 nitrogen and oxygen atoms in total. The number of nitrogens with one attached hydrogen (secondary N) is 1. The van der Waals surface area contributed by atoms with E-state index < -0.39 is 0 Å². The van der Waals surface area contributed by atoms with Crippen molar-refractivity contribution in [1.29, 1.82) is 0 Å². The Kier molecular flexibility index (Phi) is 5.00. The fourth-order valence-corrected chi connectivity index (χ4v) is 3.75. The van der Waals surface area contributed by atoms with E-state index >= 15 is 0 Å². The summed E-state index contributed by atoms with van der Waals surface area (Å²) in [5.41, 5.74) is 3.87. The molecule has 1 amide bonds. The minimum absolute atomic E-state index is 0.183. The zero-order valence-electron chi connectivity index (χ0n) is 15.9. The lowest BCUT2D eigenvalue weighted by atomic mass is 10.1. The Balaban J connectivity index is 1.65. The molecule has 2 aliphatic heterocycles. The maximum absolute atomic E-state index is 12.5. The van der Waals surface area contributed by atoms with E-state index in [2.05, 4.69) is 10.3 Å². The third-order valence-corrected chi connectivity index (χ3v) is 5.45. The summed E-state index contributed by atoms with van der Waals surface area (Å²) in [4.78, 5) is 17.6. The molecule has 0 saturated carbocycles. The molecule has 0 unspecified atom stereocenters. The van der Waals surface area contributed by atoms with E-state index in [0.717, 1.165) is 22.4 Å². The van der Waals surface area contributed by atoms with Gasteiger partial charge in [0.05, 0.1) is 17.2 Å². The molecule has 0 atom stereocenters. The van der Waals surface area contributed by atoms with Crippen molar-refractivity contribution in [2.75, 3.05) is 13.4 Å². The molecule has 0 spiro atoms. The number of amidine groups is 1. The van der Waals surface area contributed by atoms with Crippen LogP contribution >= 0.6 is 11.8 Å². The number of benzene rings is 2. The second kappa shape index (κ2) is 7.59. The van der Waals surface area contributed by atoms with Crippen molar-refractivity contribution in [1.82, 2.24) is 5.32 Å². The molecule has 4 rings (SSSR count). The van der Waals surface area contributed by atoms with Gasteiger partial charge in [0.1, 0.15) is 5.75 Å². The molecular formula is C21H20N2O4S. The molecule has 2 aromatic rings. The van der Waals surface area contributed by atoms with Crippen LogP contribution in [0.25, 0.3) is 6.08 Å². The SMILES string of the molecule is CCOc1cc2c(cc1/C=C1/SC(=Nc3cccc(C)c3C)NC1=O)OCO2. The van der Waals surface area contributed by atoms with Crippen molar-refractivity contribution in [2.45, 2.75) is 20.8 Å². The Labute approximate surface area is 167 Å². The van der Waals surface area contributed by atoms with Gasteiger partial charge in [-0.2, -0.15) is 0 Å². The number of carbonyl (C=O) groups excluding carboxylic acids is 1. The van der Waals surface area contributed by atoms with E-state index in [-0.39, 0.29) is 12.7 Å². The number of amides is 1. The van der Waals surface area contributed by atoms with Crippen molar-refractivity contribution >= 4 is 34.6 Å². The quantitative estimate of drug-likeness (QED) is 0.780. The van der Waals surface area contributed by atoms with Crippen LogP contribution in [0.3, 0.4) is 0 Å². The average molecular weight is 396 g/mol. The first-order valence-corrected chi connectivity index (χ1v) is 9.79. The second-order valence-electron chi connectivity index (χ2n) is 6.38. The standard InChI is InChI=1S/C21H20N2O4S/c1-4-25-16-10-18-17(26-11-27-18)8-14(16)9-19-20(24)23-21(28-19)22-15-7-5-6-12(2)13(15)3/h5-10H,4,11H2,1-3H3,(H,22,23,24)/b19-9+. The number of fused-ring (bicyclic) bond motifs is 1. The van der Waals surface area contributed by atoms with Crippen molar-refractivity contribution in [2.24, 2.45) is 4.99 Å². The lowest BCUT2D eigenvalue weighted by molar-refractivity contribution is -0.115. The van der Waals surface area contributed by atoms with E-state index in [1.54, 1.807) is 12.1 Å². The van der Waals surface area contributed by atoms with Gasteiger partial charge in [-0.1, -0.05) is 12.1 Å². The number of hydrogen-bond donors (Lipinski definition) is 1. The molecule has 2 aliphatic rings. The van der Waals surface area contributed by atoms with Gasteiger partial charge in [0.25, 0.3) is 5.91 Å². The second-order valence-corrected chi connectivity index (χ2v) is 7.41. The van der Waals surface area contributed by atoms with Crippen molar-refractivity contribution < 1.29 is 19.0 Å². The Morgan fingerprint density at radius 2 is 2.04 bits per heavy atom. The topological polar surface area (TPSA) is 69.2 Å². The van der Waals surface area contributed by atoms with Crippen LogP contribution in [0.5, 0.6) is 17.2 Å². The summed E-state index contributed by atoms with van der Waals surface area (Å²) in [5, 5.41) is 3.39. The molecule has 7 heteroatoms. The number of nitrogens with zero attached hydrogens (tertiary/aromatic N) is 1. The predicted octanol–water partition coefficient (Wildman–Crippen LogP) is 4.32. The van der Waals surface area contributed by atoms with E-state index in [1.165, 1.54) is 11.8 Å². The molecule has 0 bridgehead atoms. The van der Waals surface area contributed by atoms with Crippen molar-refractivity contribution in [3.05, 3.63) is 51.9 Å². The van der Waals surface area contributed by atoms with E-state index in [4.69, 9.17) is 14.2 Å². The van der Waals surface area contributed by atoms with E-state index in [9.17, 15) is 4.79 Å². The Hall–Kier alpha value is -2.93. The maximum atomic E-state index is 12.5. The fourth-order valence-electron chi connectivity index (χ4n) is 2.92. The van der Waals surface area contributed by atoms with E-state index in [1.807, 2.05) is 45.0 Å². The molecular weight excluding hydrogens is 376 g/mol. The lowest BCUT2D eigenvalue weighted by Gasteiger charge is -2.09. The van der Waals surface area contributed by atoms with Gasteiger partial charge < -0.3 is 19.5 Å². The number of aryl methyl sites for hydroxylation is 1. The van der Waals surface area contributed by atoms with Crippen molar-refractivity contribution in [3.63, 3.8) is 0 Å².